The summed E-state index contributed by atoms with van der Waals surface area (Å²) in [5.41, 5.74) is 1.26. The molecule has 0 bridgehead atoms. The molecule has 0 amide bonds. The normalized spacial score (nSPS) is 10.3. The highest BCUT2D eigenvalue weighted by Crippen LogP contribution is 2.20. The Balaban J connectivity index is 2.07. The average molecular weight is 374 g/mol. The Labute approximate surface area is 154 Å². The summed E-state index contributed by atoms with van der Waals surface area (Å²) >= 11 is 0. The van der Waals surface area contributed by atoms with E-state index in [1.165, 1.54) is 24.3 Å². The average Bonchev–Trinajstić information content (AvgIpc) is 2.94. The molecule has 1 aromatic heterocycles. The van der Waals surface area contributed by atoms with E-state index in [-0.39, 0.29) is 29.1 Å². The lowest BCUT2D eigenvalue weighted by molar-refractivity contribution is -0.384. The van der Waals surface area contributed by atoms with Crippen molar-refractivity contribution in [3.05, 3.63) is 62.5 Å². The number of aromatic nitrogens is 1. The minimum atomic E-state index is -0.787. The lowest BCUT2D eigenvalue weighted by Gasteiger charge is -2.05. The van der Waals surface area contributed by atoms with Crippen LogP contribution in [0.2, 0.25) is 0 Å². The van der Waals surface area contributed by atoms with E-state index in [9.17, 15) is 24.5 Å². The van der Waals surface area contributed by atoms with Crippen molar-refractivity contribution in [3.8, 4) is 0 Å². The fourth-order valence-electron chi connectivity index (χ4n) is 2.54. The molecule has 9 heteroatoms. The second-order valence-electron chi connectivity index (χ2n) is 5.65. The quantitative estimate of drug-likeness (QED) is 0.341. The second-order valence-corrected chi connectivity index (χ2v) is 5.65. The number of nitro benzene ring substituents is 1. The van der Waals surface area contributed by atoms with Gasteiger partial charge < -0.3 is 14.5 Å². The van der Waals surface area contributed by atoms with Gasteiger partial charge in [0.05, 0.1) is 28.4 Å². The molecule has 0 fully saturated rings. The number of Topliss-reactive ketones (excluding diaryl/α,β-unsaturated/α-hetero) is 1. The number of aromatic amines is 1. The summed E-state index contributed by atoms with van der Waals surface area (Å²) in [6, 6.07) is 4.83. The van der Waals surface area contributed by atoms with Crippen LogP contribution in [0.15, 0.2) is 24.3 Å². The summed E-state index contributed by atoms with van der Waals surface area (Å²) in [6.07, 6.45) is 0. The maximum atomic E-state index is 12.3. The predicted octanol–water partition coefficient (Wildman–Crippen LogP) is 2.76. The third-order valence-corrected chi connectivity index (χ3v) is 3.84. The SMILES string of the molecule is CCOC(=O)c1c(C)[nH]c(C(=O)COC(=O)c2ccc([N+](=O)[O-])cc2)c1C. The first kappa shape index (κ1) is 19.8. The molecule has 1 N–H and O–H groups in total. The van der Waals surface area contributed by atoms with Gasteiger partial charge in [-0.15, -0.1) is 0 Å². The monoisotopic (exact) mass is 374 g/mol. The molecule has 0 radical (unpaired) electrons. The third-order valence-electron chi connectivity index (χ3n) is 3.84. The number of benzene rings is 1. The molecule has 2 rings (SSSR count). The Morgan fingerprint density at radius 3 is 2.26 bits per heavy atom. The van der Waals surface area contributed by atoms with Crippen LogP contribution < -0.4 is 0 Å². The number of carbonyl (C=O) groups excluding carboxylic acids is 3. The summed E-state index contributed by atoms with van der Waals surface area (Å²) < 4.78 is 9.92. The zero-order valence-electron chi connectivity index (χ0n) is 15.0. The van der Waals surface area contributed by atoms with Gasteiger partial charge in [0.2, 0.25) is 5.78 Å². The van der Waals surface area contributed by atoms with E-state index in [1.54, 1.807) is 20.8 Å². The number of hydrogen-bond acceptors (Lipinski definition) is 7. The molecule has 0 saturated carbocycles. The van der Waals surface area contributed by atoms with E-state index >= 15 is 0 Å². The first-order valence-electron chi connectivity index (χ1n) is 8.07. The largest absolute Gasteiger partial charge is 0.462 e. The number of nitrogens with one attached hydrogen (secondary N) is 1. The highest BCUT2D eigenvalue weighted by atomic mass is 16.6. The van der Waals surface area contributed by atoms with Crippen molar-refractivity contribution in [3.63, 3.8) is 0 Å². The lowest BCUT2D eigenvalue weighted by atomic mass is 10.1. The van der Waals surface area contributed by atoms with Gasteiger partial charge in [-0.05, 0) is 38.5 Å². The Bertz CT molecular complexity index is 897. The summed E-state index contributed by atoms with van der Waals surface area (Å²) in [6.45, 7) is 4.58. The maximum Gasteiger partial charge on any atom is 0.340 e. The van der Waals surface area contributed by atoms with Crippen molar-refractivity contribution in [2.45, 2.75) is 20.8 Å². The molecule has 0 spiro atoms. The summed E-state index contributed by atoms with van der Waals surface area (Å²) in [7, 11) is 0. The van der Waals surface area contributed by atoms with Crippen LogP contribution >= 0.6 is 0 Å². The molecule has 1 aromatic carbocycles. The van der Waals surface area contributed by atoms with Crippen LogP contribution in [0.1, 0.15) is 49.4 Å². The van der Waals surface area contributed by atoms with E-state index in [1.807, 2.05) is 0 Å². The Kier molecular flexibility index (Phi) is 6.07. The molecular weight excluding hydrogens is 356 g/mol. The number of ether oxygens (including phenoxy) is 2. The Morgan fingerprint density at radius 2 is 1.70 bits per heavy atom. The van der Waals surface area contributed by atoms with E-state index in [0.717, 1.165) is 0 Å². The molecule has 0 saturated heterocycles. The first-order valence-corrected chi connectivity index (χ1v) is 8.07. The molecule has 27 heavy (non-hydrogen) atoms. The van der Waals surface area contributed by atoms with Crippen molar-refractivity contribution in [1.82, 2.24) is 4.98 Å². The predicted molar refractivity (Wildman–Crippen MR) is 93.9 cm³/mol. The van der Waals surface area contributed by atoms with Gasteiger partial charge in [0, 0.05) is 17.8 Å². The molecule has 0 aliphatic carbocycles. The fraction of sp³-hybridized carbons (Fsp3) is 0.278. The summed E-state index contributed by atoms with van der Waals surface area (Å²) in [5.74, 6) is -1.84. The summed E-state index contributed by atoms with van der Waals surface area (Å²) in [4.78, 5) is 49.1. The smallest absolute Gasteiger partial charge is 0.340 e. The number of esters is 2. The lowest BCUT2D eigenvalue weighted by Crippen LogP contribution is -2.15. The van der Waals surface area contributed by atoms with Crippen molar-refractivity contribution in [2.75, 3.05) is 13.2 Å². The van der Waals surface area contributed by atoms with Crippen LogP contribution in [0.5, 0.6) is 0 Å². The van der Waals surface area contributed by atoms with Crippen LogP contribution in [0.25, 0.3) is 0 Å². The van der Waals surface area contributed by atoms with Gasteiger partial charge in [0.1, 0.15) is 0 Å². The van der Waals surface area contributed by atoms with E-state index in [4.69, 9.17) is 9.47 Å². The van der Waals surface area contributed by atoms with Gasteiger partial charge >= 0.3 is 11.9 Å². The molecule has 2 aromatic rings. The minimum Gasteiger partial charge on any atom is -0.462 e. The van der Waals surface area contributed by atoms with Gasteiger partial charge in [-0.1, -0.05) is 0 Å². The number of H-pyrrole nitrogens is 1. The molecule has 0 aliphatic rings. The van der Waals surface area contributed by atoms with Crippen molar-refractivity contribution >= 4 is 23.4 Å². The Morgan fingerprint density at radius 1 is 1.07 bits per heavy atom. The van der Waals surface area contributed by atoms with E-state index < -0.39 is 29.3 Å². The van der Waals surface area contributed by atoms with Crippen LogP contribution in [0, 0.1) is 24.0 Å². The zero-order valence-corrected chi connectivity index (χ0v) is 15.0. The molecule has 0 aliphatic heterocycles. The maximum absolute atomic E-state index is 12.3. The zero-order chi connectivity index (χ0) is 20.1. The number of ketones is 1. The van der Waals surface area contributed by atoms with Crippen molar-refractivity contribution in [2.24, 2.45) is 0 Å². The van der Waals surface area contributed by atoms with E-state index in [2.05, 4.69) is 4.98 Å². The number of carbonyl (C=O) groups is 3. The van der Waals surface area contributed by atoms with Gasteiger partial charge in [0.25, 0.3) is 5.69 Å². The second kappa shape index (κ2) is 8.26. The molecule has 0 unspecified atom stereocenters. The van der Waals surface area contributed by atoms with Crippen LogP contribution in [-0.4, -0.2) is 40.8 Å². The van der Waals surface area contributed by atoms with Crippen LogP contribution in [0.4, 0.5) is 5.69 Å². The number of nitro groups is 1. The number of hydrogen-bond donors (Lipinski definition) is 1. The van der Waals surface area contributed by atoms with Crippen LogP contribution in [0.3, 0.4) is 0 Å². The number of aryl methyl sites for hydroxylation is 1. The molecule has 9 nitrogen and oxygen atoms in total. The van der Waals surface area contributed by atoms with Gasteiger partial charge in [0.15, 0.2) is 6.61 Å². The molecule has 142 valence electrons. The topological polar surface area (TPSA) is 129 Å². The minimum absolute atomic E-state index is 0.0833. The molecular formula is C18H18N2O7. The van der Waals surface area contributed by atoms with Gasteiger partial charge in [-0.25, -0.2) is 9.59 Å². The highest BCUT2D eigenvalue weighted by Gasteiger charge is 2.23. The highest BCUT2D eigenvalue weighted by molar-refractivity contribution is 6.03. The number of non-ortho nitro benzene ring substituents is 1. The van der Waals surface area contributed by atoms with Crippen molar-refractivity contribution in [1.29, 1.82) is 0 Å². The fourth-order valence-corrected chi connectivity index (χ4v) is 2.54. The number of rotatable bonds is 7. The van der Waals surface area contributed by atoms with Crippen LogP contribution in [-0.2, 0) is 9.47 Å². The van der Waals surface area contributed by atoms with E-state index in [0.29, 0.717) is 11.3 Å². The third kappa shape index (κ3) is 4.38. The van der Waals surface area contributed by atoms with Gasteiger partial charge in [-0.2, -0.15) is 0 Å². The first-order chi connectivity index (χ1) is 12.8. The number of nitrogens with zero attached hydrogens (tertiary/aromatic N) is 1. The molecule has 0 atom stereocenters. The Hall–Kier alpha value is -3.49. The standard InChI is InChI=1S/C18H18N2O7/c1-4-26-18(23)15-10(2)16(19-11(15)3)14(21)9-27-17(22)12-5-7-13(8-6-12)20(24)25/h5-8,19H,4,9H2,1-3H3. The molecule has 1 heterocycles. The summed E-state index contributed by atoms with van der Waals surface area (Å²) in [5, 5.41) is 10.6. The van der Waals surface area contributed by atoms with Crippen molar-refractivity contribution < 1.29 is 28.8 Å². The van der Waals surface area contributed by atoms with Gasteiger partial charge in [-0.3, -0.25) is 14.9 Å².